The van der Waals surface area contributed by atoms with E-state index in [1.807, 2.05) is 0 Å². The predicted molar refractivity (Wildman–Crippen MR) is 144 cm³/mol. The Kier molecular flexibility index (Phi) is 7.36. The molecular weight excluding hydrogens is 494 g/mol. The maximum absolute atomic E-state index is 10.1. The van der Waals surface area contributed by atoms with Crippen LogP contribution in [-0.4, -0.2) is 63.2 Å². The average molecular weight is 524 g/mol. The minimum absolute atomic E-state index is 0.108. The van der Waals surface area contributed by atoms with Crippen LogP contribution in [0, 0.1) is 0 Å². The molecule has 0 saturated carbocycles. The van der Waals surface area contributed by atoms with E-state index in [1.54, 1.807) is 10.9 Å². The smallest absolute Gasteiger partial charge is 0.226 e. The molecule has 5 rings (SSSR count). The number of ether oxygens (including phenoxy) is 1. The third kappa shape index (κ3) is 4.89. The minimum Gasteiger partial charge on any atom is -0.394 e. The fraction of sp³-hybridized carbons (Fsp3) is 0.346. The van der Waals surface area contributed by atoms with E-state index in [-0.39, 0.29) is 11.9 Å². The number of halogens is 1. The molecule has 10 heteroatoms. The maximum atomic E-state index is 10.1. The Bertz CT molecular complexity index is 1270. The Morgan fingerprint density at radius 2 is 1.75 bits per heavy atom. The zero-order valence-corrected chi connectivity index (χ0v) is 21.8. The van der Waals surface area contributed by atoms with Gasteiger partial charge < -0.3 is 20.3 Å². The summed E-state index contributed by atoms with van der Waals surface area (Å²) in [7, 11) is -1.91. The SMILES string of the molecule is C[Si](CCCNc1nc(Cl)nc2c1ncn2C1CC(O)C(CO)O1)(c1ccccc1)c1ccccc1. The molecule has 0 amide bonds. The van der Waals surface area contributed by atoms with Gasteiger partial charge in [-0.25, -0.2) is 4.98 Å². The Hall–Kier alpha value is -2.82. The van der Waals surface area contributed by atoms with Crippen LogP contribution < -0.4 is 15.7 Å². The molecule has 2 aromatic carbocycles. The Morgan fingerprint density at radius 3 is 2.36 bits per heavy atom. The van der Waals surface area contributed by atoms with Gasteiger partial charge in [0.05, 0.1) is 19.0 Å². The lowest BCUT2D eigenvalue weighted by atomic mass is 10.2. The quantitative estimate of drug-likeness (QED) is 0.176. The van der Waals surface area contributed by atoms with Crippen LogP contribution in [0.1, 0.15) is 19.1 Å². The highest BCUT2D eigenvalue weighted by Crippen LogP contribution is 2.32. The van der Waals surface area contributed by atoms with Gasteiger partial charge >= 0.3 is 0 Å². The van der Waals surface area contributed by atoms with Crippen molar-refractivity contribution < 1.29 is 14.9 Å². The molecule has 1 saturated heterocycles. The molecule has 1 fully saturated rings. The molecule has 1 aliphatic heterocycles. The second-order valence-electron chi connectivity index (χ2n) is 9.37. The van der Waals surface area contributed by atoms with Crippen molar-refractivity contribution in [1.29, 1.82) is 0 Å². The van der Waals surface area contributed by atoms with Crippen LogP contribution in [0.4, 0.5) is 5.82 Å². The molecular formula is C26H30ClN5O3Si. The molecule has 8 nitrogen and oxygen atoms in total. The maximum Gasteiger partial charge on any atom is 0.226 e. The van der Waals surface area contributed by atoms with Crippen LogP contribution in [0.5, 0.6) is 0 Å². The number of fused-ring (bicyclic) bond motifs is 1. The molecule has 0 spiro atoms. The van der Waals surface area contributed by atoms with E-state index in [0.717, 1.165) is 12.5 Å². The van der Waals surface area contributed by atoms with Crippen molar-refractivity contribution in [2.24, 2.45) is 0 Å². The number of anilines is 1. The second-order valence-corrected chi connectivity index (χ2v) is 14.0. The van der Waals surface area contributed by atoms with E-state index >= 15 is 0 Å². The summed E-state index contributed by atoms with van der Waals surface area (Å²) in [4.78, 5) is 13.3. The van der Waals surface area contributed by atoms with Crippen LogP contribution in [0.2, 0.25) is 17.9 Å². The van der Waals surface area contributed by atoms with Crippen molar-refractivity contribution in [3.8, 4) is 0 Å². The van der Waals surface area contributed by atoms with Gasteiger partial charge in [-0.3, -0.25) is 4.57 Å². The largest absolute Gasteiger partial charge is 0.394 e. The van der Waals surface area contributed by atoms with E-state index in [4.69, 9.17) is 16.3 Å². The van der Waals surface area contributed by atoms with E-state index in [9.17, 15) is 10.2 Å². The van der Waals surface area contributed by atoms with Crippen LogP contribution in [-0.2, 0) is 4.74 Å². The van der Waals surface area contributed by atoms with E-state index in [2.05, 4.69) is 87.5 Å². The Balaban J connectivity index is 1.32. The minimum atomic E-state index is -1.91. The number of aromatic nitrogens is 4. The number of hydrogen-bond donors (Lipinski definition) is 3. The van der Waals surface area contributed by atoms with E-state index < -0.39 is 26.5 Å². The molecule has 1 aliphatic rings. The third-order valence-electron chi connectivity index (χ3n) is 7.06. The molecule has 36 heavy (non-hydrogen) atoms. The summed E-state index contributed by atoms with van der Waals surface area (Å²) in [6.45, 7) is 2.89. The molecule has 3 atom stereocenters. The van der Waals surface area contributed by atoms with Crippen molar-refractivity contribution in [1.82, 2.24) is 19.5 Å². The first kappa shape index (κ1) is 24.9. The van der Waals surface area contributed by atoms with Crippen molar-refractivity contribution in [3.05, 3.63) is 72.3 Å². The second kappa shape index (κ2) is 10.7. The van der Waals surface area contributed by atoms with Gasteiger partial charge in [0, 0.05) is 13.0 Å². The number of hydrogen-bond acceptors (Lipinski definition) is 7. The first-order valence-electron chi connectivity index (χ1n) is 12.2. The van der Waals surface area contributed by atoms with Crippen molar-refractivity contribution in [2.45, 2.75) is 43.9 Å². The number of nitrogens with zero attached hydrogens (tertiary/aromatic N) is 4. The van der Waals surface area contributed by atoms with Crippen LogP contribution >= 0.6 is 11.6 Å². The molecule has 3 N–H and O–H groups in total. The van der Waals surface area contributed by atoms with Gasteiger partial charge in [-0.05, 0) is 24.1 Å². The summed E-state index contributed by atoms with van der Waals surface area (Å²) in [5.74, 6) is 0.573. The first-order valence-corrected chi connectivity index (χ1v) is 15.3. The summed E-state index contributed by atoms with van der Waals surface area (Å²) in [5, 5.41) is 25.9. The first-order chi connectivity index (χ1) is 17.5. The zero-order chi connectivity index (χ0) is 25.1. The van der Waals surface area contributed by atoms with Crippen molar-refractivity contribution in [3.63, 3.8) is 0 Å². The van der Waals surface area contributed by atoms with E-state index in [0.29, 0.717) is 29.9 Å². The number of benzene rings is 2. The molecule has 3 heterocycles. The molecule has 188 valence electrons. The molecule has 0 radical (unpaired) electrons. The number of nitrogens with one attached hydrogen (secondary N) is 1. The van der Waals surface area contributed by atoms with Gasteiger partial charge in [0.1, 0.15) is 20.4 Å². The number of rotatable bonds is 9. The molecule has 0 aliphatic carbocycles. The molecule has 4 aromatic rings. The molecule has 0 bridgehead atoms. The molecule has 3 unspecified atom stereocenters. The van der Waals surface area contributed by atoms with Gasteiger partial charge in [0.25, 0.3) is 0 Å². The number of aliphatic hydroxyl groups is 2. The number of aliphatic hydroxyl groups excluding tert-OH is 2. The van der Waals surface area contributed by atoms with Gasteiger partial charge in [-0.15, -0.1) is 0 Å². The summed E-state index contributed by atoms with van der Waals surface area (Å²) >= 11 is 6.26. The Morgan fingerprint density at radius 1 is 1.08 bits per heavy atom. The zero-order valence-electron chi connectivity index (χ0n) is 20.1. The standard InChI is InChI=1S/C26H30ClN5O3Si/c1-36(18-9-4-2-5-10-18,19-11-6-3-7-12-19)14-8-13-28-24-23-25(31-26(27)30-24)32(17-29-23)22-15-20(34)21(16-33)35-22/h2-7,9-12,17,20-22,33-34H,8,13-16H2,1H3,(H,28,30,31). The summed E-state index contributed by atoms with van der Waals surface area (Å²) in [6.07, 6.45) is 1.04. The van der Waals surface area contributed by atoms with Crippen LogP contribution in [0.15, 0.2) is 67.0 Å². The van der Waals surface area contributed by atoms with Crippen LogP contribution in [0.25, 0.3) is 11.2 Å². The normalized spacial score (nSPS) is 20.2. The summed E-state index contributed by atoms with van der Waals surface area (Å²) in [5.41, 5.74) is 1.12. The van der Waals surface area contributed by atoms with E-state index in [1.165, 1.54) is 10.4 Å². The lowest BCUT2D eigenvalue weighted by Gasteiger charge is -2.29. The topological polar surface area (TPSA) is 105 Å². The summed E-state index contributed by atoms with van der Waals surface area (Å²) < 4.78 is 7.52. The average Bonchev–Trinajstić information content (AvgIpc) is 3.50. The lowest BCUT2D eigenvalue weighted by molar-refractivity contribution is -0.0432. The van der Waals surface area contributed by atoms with Gasteiger partial charge in [-0.1, -0.05) is 77.6 Å². The Labute approximate surface area is 216 Å². The monoisotopic (exact) mass is 523 g/mol. The lowest BCUT2D eigenvalue weighted by Crippen LogP contribution is -2.55. The third-order valence-corrected chi connectivity index (χ3v) is 11.8. The van der Waals surface area contributed by atoms with Gasteiger partial charge in [0.15, 0.2) is 17.0 Å². The highest BCUT2D eigenvalue weighted by atomic mass is 35.5. The van der Waals surface area contributed by atoms with Gasteiger partial charge in [0.2, 0.25) is 5.28 Å². The van der Waals surface area contributed by atoms with Crippen molar-refractivity contribution in [2.75, 3.05) is 18.5 Å². The van der Waals surface area contributed by atoms with Crippen LogP contribution in [0.3, 0.4) is 0 Å². The predicted octanol–water partition coefficient (Wildman–Crippen LogP) is 2.82. The summed E-state index contributed by atoms with van der Waals surface area (Å²) in [6, 6.07) is 22.7. The van der Waals surface area contributed by atoms with Gasteiger partial charge in [-0.2, -0.15) is 9.97 Å². The fourth-order valence-electron chi connectivity index (χ4n) is 4.99. The molecule has 2 aromatic heterocycles. The highest BCUT2D eigenvalue weighted by Gasteiger charge is 2.35. The fourth-order valence-corrected chi connectivity index (χ4v) is 8.81. The number of imidazole rings is 1. The highest BCUT2D eigenvalue weighted by molar-refractivity contribution is 7.01. The van der Waals surface area contributed by atoms with Crippen molar-refractivity contribution >= 4 is 47.0 Å².